The standard InChI is InChI=1S/C40H32N4/c41-24-36-32-10-5-4-9-30(32)20-35-33(36)11-6-12-34(35)39-43-37(28-7-2-1-3-8-28)42-38(44-39)29-13-15-31(16-14-29)40-21-25-17-26(22-40)19-27(18-25)23-40/h1-16,20,25-27H,17-19,21-23H2/t25-,26+,27-,40?. The molecule has 4 aliphatic carbocycles. The van der Waals surface area contributed by atoms with Gasteiger partial charge in [-0.3, -0.25) is 0 Å². The van der Waals surface area contributed by atoms with Gasteiger partial charge in [0.2, 0.25) is 0 Å². The van der Waals surface area contributed by atoms with Crippen LogP contribution in [-0.4, -0.2) is 15.0 Å². The van der Waals surface area contributed by atoms with E-state index < -0.39 is 0 Å². The number of nitrogens with zero attached hydrogens (tertiary/aromatic N) is 4. The van der Waals surface area contributed by atoms with Gasteiger partial charge < -0.3 is 0 Å². The molecule has 4 saturated carbocycles. The van der Waals surface area contributed by atoms with Crippen molar-refractivity contribution >= 4 is 21.5 Å². The molecular formula is C40H32N4. The van der Waals surface area contributed by atoms with Crippen molar-refractivity contribution in [2.75, 3.05) is 0 Å². The number of aromatic nitrogens is 3. The lowest BCUT2D eigenvalue weighted by atomic mass is 9.48. The van der Waals surface area contributed by atoms with Gasteiger partial charge >= 0.3 is 0 Å². The van der Waals surface area contributed by atoms with E-state index in [0.717, 1.165) is 56.0 Å². The fourth-order valence-electron chi connectivity index (χ4n) is 9.18. The number of benzene rings is 5. The second-order valence-corrected chi connectivity index (χ2v) is 13.4. The maximum atomic E-state index is 10.2. The van der Waals surface area contributed by atoms with Crippen LogP contribution in [0.2, 0.25) is 0 Å². The third kappa shape index (κ3) is 4.07. The van der Waals surface area contributed by atoms with Gasteiger partial charge in [-0.15, -0.1) is 0 Å². The maximum Gasteiger partial charge on any atom is 0.164 e. The van der Waals surface area contributed by atoms with E-state index in [-0.39, 0.29) is 0 Å². The van der Waals surface area contributed by atoms with Crippen LogP contribution < -0.4 is 0 Å². The molecule has 0 atom stereocenters. The Morgan fingerprint density at radius 2 is 1.16 bits per heavy atom. The molecule has 0 saturated heterocycles. The van der Waals surface area contributed by atoms with Gasteiger partial charge in [-0.1, -0.05) is 97.1 Å². The molecule has 1 aromatic heterocycles. The van der Waals surface area contributed by atoms with E-state index in [1.54, 1.807) is 0 Å². The molecule has 4 bridgehead atoms. The van der Waals surface area contributed by atoms with Gasteiger partial charge in [-0.2, -0.15) is 5.26 Å². The van der Waals surface area contributed by atoms with E-state index in [2.05, 4.69) is 48.5 Å². The largest absolute Gasteiger partial charge is 0.208 e. The molecular weight excluding hydrogens is 536 g/mol. The average Bonchev–Trinajstić information content (AvgIpc) is 3.06. The number of hydrogen-bond donors (Lipinski definition) is 0. The summed E-state index contributed by atoms with van der Waals surface area (Å²) in [5, 5.41) is 14.0. The third-order valence-corrected chi connectivity index (χ3v) is 10.7. The number of rotatable bonds is 4. The van der Waals surface area contributed by atoms with Crippen LogP contribution in [-0.2, 0) is 5.41 Å². The molecule has 0 unspecified atom stereocenters. The summed E-state index contributed by atoms with van der Waals surface area (Å²) < 4.78 is 0. The minimum absolute atomic E-state index is 0.358. The van der Waals surface area contributed by atoms with Gasteiger partial charge in [0.25, 0.3) is 0 Å². The van der Waals surface area contributed by atoms with Crippen molar-refractivity contribution < 1.29 is 0 Å². The van der Waals surface area contributed by atoms with Crippen molar-refractivity contribution in [3.8, 4) is 40.2 Å². The summed E-state index contributed by atoms with van der Waals surface area (Å²) >= 11 is 0. The molecule has 44 heavy (non-hydrogen) atoms. The Balaban J connectivity index is 1.19. The zero-order chi connectivity index (χ0) is 29.3. The van der Waals surface area contributed by atoms with Crippen LogP contribution in [0.15, 0.2) is 103 Å². The molecule has 0 N–H and O–H groups in total. The lowest BCUT2D eigenvalue weighted by Crippen LogP contribution is -2.48. The summed E-state index contributed by atoms with van der Waals surface area (Å²) in [5.41, 5.74) is 5.39. The number of fused-ring (bicyclic) bond motifs is 2. The van der Waals surface area contributed by atoms with Gasteiger partial charge in [0.1, 0.15) is 6.07 Å². The molecule has 212 valence electrons. The molecule has 0 amide bonds. The first kappa shape index (κ1) is 25.6. The van der Waals surface area contributed by atoms with Crippen LogP contribution in [0.1, 0.15) is 49.7 Å². The molecule has 5 aromatic carbocycles. The Morgan fingerprint density at radius 1 is 0.568 bits per heavy atom. The zero-order valence-corrected chi connectivity index (χ0v) is 24.6. The summed E-state index contributed by atoms with van der Waals surface area (Å²) in [6, 6.07) is 38.1. The van der Waals surface area contributed by atoms with Crippen LogP contribution in [0.3, 0.4) is 0 Å². The van der Waals surface area contributed by atoms with E-state index in [9.17, 15) is 5.26 Å². The van der Waals surface area contributed by atoms with Crippen molar-refractivity contribution in [1.29, 1.82) is 5.26 Å². The van der Waals surface area contributed by atoms with E-state index >= 15 is 0 Å². The van der Waals surface area contributed by atoms with Crippen molar-refractivity contribution in [3.05, 3.63) is 114 Å². The van der Waals surface area contributed by atoms with Crippen LogP contribution in [0, 0.1) is 29.1 Å². The van der Waals surface area contributed by atoms with Crippen molar-refractivity contribution in [2.24, 2.45) is 17.8 Å². The summed E-state index contributed by atoms with van der Waals surface area (Å²) in [6.45, 7) is 0. The molecule has 0 radical (unpaired) electrons. The molecule has 1 heterocycles. The summed E-state index contributed by atoms with van der Waals surface area (Å²) in [4.78, 5) is 15.1. The first-order chi connectivity index (χ1) is 21.7. The highest BCUT2D eigenvalue weighted by Gasteiger charge is 2.51. The van der Waals surface area contributed by atoms with E-state index in [0.29, 0.717) is 28.5 Å². The molecule has 4 nitrogen and oxygen atoms in total. The molecule has 4 fully saturated rings. The minimum Gasteiger partial charge on any atom is -0.208 e. The summed E-state index contributed by atoms with van der Waals surface area (Å²) in [6.07, 6.45) is 8.42. The Kier molecular flexibility index (Phi) is 5.72. The minimum atomic E-state index is 0.358. The molecule has 4 aliphatic rings. The predicted molar refractivity (Wildman–Crippen MR) is 176 cm³/mol. The lowest BCUT2D eigenvalue weighted by molar-refractivity contribution is -0.00518. The predicted octanol–water partition coefficient (Wildman–Crippen LogP) is 9.52. The van der Waals surface area contributed by atoms with Crippen LogP contribution in [0.25, 0.3) is 55.7 Å². The van der Waals surface area contributed by atoms with Crippen LogP contribution in [0.5, 0.6) is 0 Å². The van der Waals surface area contributed by atoms with Gasteiger partial charge in [0, 0.05) is 27.5 Å². The highest BCUT2D eigenvalue weighted by Crippen LogP contribution is 2.60. The smallest absolute Gasteiger partial charge is 0.164 e. The number of hydrogen-bond acceptors (Lipinski definition) is 4. The highest BCUT2D eigenvalue weighted by molar-refractivity contribution is 6.09. The van der Waals surface area contributed by atoms with E-state index in [1.165, 1.54) is 44.1 Å². The monoisotopic (exact) mass is 568 g/mol. The Bertz CT molecular complexity index is 2070. The Labute approximate surface area is 257 Å². The quantitative estimate of drug-likeness (QED) is 0.199. The summed E-state index contributed by atoms with van der Waals surface area (Å²) in [5.74, 6) is 4.68. The van der Waals surface area contributed by atoms with E-state index in [1.807, 2.05) is 60.7 Å². The topological polar surface area (TPSA) is 62.5 Å². The van der Waals surface area contributed by atoms with Crippen LogP contribution in [0.4, 0.5) is 0 Å². The maximum absolute atomic E-state index is 10.2. The van der Waals surface area contributed by atoms with E-state index in [4.69, 9.17) is 15.0 Å². The van der Waals surface area contributed by atoms with Gasteiger partial charge in [-0.25, -0.2) is 15.0 Å². The summed E-state index contributed by atoms with van der Waals surface area (Å²) in [7, 11) is 0. The Morgan fingerprint density at radius 3 is 1.84 bits per heavy atom. The second kappa shape index (κ2) is 9.82. The fraction of sp³-hybridized carbons (Fsp3) is 0.250. The first-order valence-electron chi connectivity index (χ1n) is 15.9. The lowest BCUT2D eigenvalue weighted by Gasteiger charge is -2.57. The highest BCUT2D eigenvalue weighted by atomic mass is 15.0. The molecule has 0 aliphatic heterocycles. The van der Waals surface area contributed by atoms with Gasteiger partial charge in [0.05, 0.1) is 5.56 Å². The average molecular weight is 569 g/mol. The molecule has 6 aromatic rings. The fourth-order valence-corrected chi connectivity index (χ4v) is 9.18. The van der Waals surface area contributed by atoms with Crippen molar-refractivity contribution in [1.82, 2.24) is 15.0 Å². The number of nitriles is 1. The third-order valence-electron chi connectivity index (χ3n) is 10.7. The van der Waals surface area contributed by atoms with Crippen molar-refractivity contribution in [3.63, 3.8) is 0 Å². The van der Waals surface area contributed by atoms with Gasteiger partial charge in [-0.05, 0) is 84.1 Å². The Hall–Kier alpha value is -4.88. The van der Waals surface area contributed by atoms with Crippen molar-refractivity contribution in [2.45, 2.75) is 43.9 Å². The normalized spacial score (nSPS) is 23.7. The zero-order valence-electron chi connectivity index (χ0n) is 24.6. The molecule has 0 spiro atoms. The first-order valence-corrected chi connectivity index (χ1v) is 15.9. The van der Waals surface area contributed by atoms with Crippen LogP contribution >= 0.6 is 0 Å². The SMILES string of the molecule is N#Cc1c2ccccc2cc2c(-c3nc(-c4ccccc4)nc(-c4ccc(C56C[C@H]7C[C@@H](C5)C[C@@H](C6)C7)cc4)n3)cccc12. The second-order valence-electron chi connectivity index (χ2n) is 13.4. The van der Waals surface area contributed by atoms with Gasteiger partial charge in [0.15, 0.2) is 17.5 Å². The molecule has 4 heteroatoms. The molecule has 10 rings (SSSR count).